The number of hydrogen-bond donors (Lipinski definition) is 0. The van der Waals surface area contributed by atoms with Gasteiger partial charge < -0.3 is 4.90 Å². The average molecular weight is 257 g/mol. The first-order valence-corrected chi connectivity index (χ1v) is 6.91. The van der Waals surface area contributed by atoms with Crippen molar-refractivity contribution >= 4 is 28.0 Å². The Morgan fingerprint density at radius 2 is 1.67 bits per heavy atom. The number of thiocarbonyl (C=S) groups is 1. The van der Waals surface area contributed by atoms with Gasteiger partial charge in [-0.25, -0.2) is 0 Å². The third-order valence-electron chi connectivity index (χ3n) is 3.34. The third kappa shape index (κ3) is 2.70. The van der Waals surface area contributed by atoms with Gasteiger partial charge in [-0.2, -0.15) is 0 Å². The topological polar surface area (TPSA) is 3.24 Å². The summed E-state index contributed by atoms with van der Waals surface area (Å²) in [6, 6.07) is 14.9. The van der Waals surface area contributed by atoms with E-state index in [1.165, 1.54) is 16.3 Å². The summed E-state index contributed by atoms with van der Waals surface area (Å²) in [4.78, 5) is 3.29. The lowest BCUT2D eigenvalue weighted by atomic mass is 10.0. The van der Waals surface area contributed by atoms with Crippen molar-refractivity contribution < 1.29 is 0 Å². The maximum Gasteiger partial charge on any atom is 0.0823 e. The van der Waals surface area contributed by atoms with Gasteiger partial charge in [0.25, 0.3) is 0 Å². The summed E-state index contributed by atoms with van der Waals surface area (Å²) >= 11 is 5.54. The smallest absolute Gasteiger partial charge is 0.0823 e. The van der Waals surface area contributed by atoms with Crippen LogP contribution in [0.1, 0.15) is 19.4 Å². The number of hydrogen-bond acceptors (Lipinski definition) is 1. The fourth-order valence-corrected chi connectivity index (χ4v) is 2.71. The lowest BCUT2D eigenvalue weighted by Gasteiger charge is -2.22. The molecular formula is C16H19NS. The summed E-state index contributed by atoms with van der Waals surface area (Å²) in [5.41, 5.74) is 1.32. The van der Waals surface area contributed by atoms with E-state index >= 15 is 0 Å². The van der Waals surface area contributed by atoms with Crippen molar-refractivity contribution in [2.75, 3.05) is 13.1 Å². The van der Waals surface area contributed by atoms with E-state index in [0.29, 0.717) is 0 Å². The Morgan fingerprint density at radius 3 is 2.39 bits per heavy atom. The minimum absolute atomic E-state index is 0.859. The maximum atomic E-state index is 5.54. The molecule has 2 aromatic carbocycles. The summed E-state index contributed by atoms with van der Waals surface area (Å²) in [7, 11) is 0. The molecule has 94 valence electrons. The normalized spacial score (nSPS) is 10.6. The van der Waals surface area contributed by atoms with Crippen LogP contribution in [0, 0.1) is 0 Å². The van der Waals surface area contributed by atoms with E-state index in [1.54, 1.807) is 0 Å². The van der Waals surface area contributed by atoms with E-state index < -0.39 is 0 Å². The molecule has 2 aromatic rings. The minimum Gasteiger partial charge on any atom is -0.366 e. The number of benzene rings is 2. The minimum atomic E-state index is 0.859. The highest BCUT2D eigenvalue weighted by Crippen LogP contribution is 2.19. The fourth-order valence-electron chi connectivity index (χ4n) is 2.30. The van der Waals surface area contributed by atoms with Crippen molar-refractivity contribution in [1.82, 2.24) is 4.90 Å². The van der Waals surface area contributed by atoms with Crippen molar-refractivity contribution in [3.8, 4) is 0 Å². The molecule has 0 aliphatic rings. The van der Waals surface area contributed by atoms with Gasteiger partial charge in [-0.3, -0.25) is 0 Å². The molecule has 0 aliphatic carbocycles. The van der Waals surface area contributed by atoms with Crippen LogP contribution in [0.3, 0.4) is 0 Å². The highest BCUT2D eigenvalue weighted by Gasteiger charge is 2.08. The van der Waals surface area contributed by atoms with Gasteiger partial charge in [0.15, 0.2) is 0 Å². The van der Waals surface area contributed by atoms with Gasteiger partial charge in [0.1, 0.15) is 0 Å². The Morgan fingerprint density at radius 1 is 1.00 bits per heavy atom. The van der Waals surface area contributed by atoms with Crippen LogP contribution in [0.15, 0.2) is 42.5 Å². The Kier molecular flexibility index (Phi) is 4.32. The summed E-state index contributed by atoms with van der Waals surface area (Å²) in [5, 5.41) is 2.60. The van der Waals surface area contributed by atoms with E-state index in [9.17, 15) is 0 Å². The molecule has 0 amide bonds. The zero-order chi connectivity index (χ0) is 13.0. The predicted molar refractivity (Wildman–Crippen MR) is 83.2 cm³/mol. The lowest BCUT2D eigenvalue weighted by Crippen LogP contribution is -2.30. The molecule has 0 heterocycles. The van der Waals surface area contributed by atoms with E-state index in [2.05, 4.69) is 61.2 Å². The number of rotatable bonds is 4. The second kappa shape index (κ2) is 5.96. The van der Waals surface area contributed by atoms with Gasteiger partial charge in [-0.05, 0) is 30.2 Å². The monoisotopic (exact) mass is 257 g/mol. The van der Waals surface area contributed by atoms with Crippen molar-refractivity contribution in [3.05, 3.63) is 48.0 Å². The van der Waals surface area contributed by atoms with Gasteiger partial charge in [-0.15, -0.1) is 0 Å². The molecule has 0 aromatic heterocycles. The highest BCUT2D eigenvalue weighted by atomic mass is 32.1. The Balaban J connectivity index is 2.29. The number of likely N-dealkylation sites (N-methyl/N-ethyl adjacent to an activating group) is 1. The largest absolute Gasteiger partial charge is 0.366 e. The Labute approximate surface area is 114 Å². The van der Waals surface area contributed by atoms with Gasteiger partial charge in [0.05, 0.1) is 4.99 Å². The zero-order valence-corrected chi connectivity index (χ0v) is 11.8. The third-order valence-corrected chi connectivity index (χ3v) is 3.74. The molecule has 0 N–H and O–H groups in total. The SMILES string of the molecule is CCN(CC)C(=S)Cc1cccc2ccccc12. The van der Waals surface area contributed by atoms with E-state index in [4.69, 9.17) is 12.2 Å². The van der Waals surface area contributed by atoms with E-state index in [0.717, 1.165) is 24.5 Å². The average Bonchev–Trinajstić information content (AvgIpc) is 2.40. The molecule has 0 fully saturated rings. The van der Waals surface area contributed by atoms with Crippen LogP contribution in [0.4, 0.5) is 0 Å². The van der Waals surface area contributed by atoms with Gasteiger partial charge in [0, 0.05) is 19.5 Å². The summed E-state index contributed by atoms with van der Waals surface area (Å²) in [6.45, 7) is 6.28. The van der Waals surface area contributed by atoms with Crippen LogP contribution in [0.2, 0.25) is 0 Å². The van der Waals surface area contributed by atoms with E-state index in [-0.39, 0.29) is 0 Å². The molecule has 2 heteroatoms. The number of nitrogens with zero attached hydrogens (tertiary/aromatic N) is 1. The molecule has 0 radical (unpaired) electrons. The summed E-state index contributed by atoms with van der Waals surface area (Å²) < 4.78 is 0. The predicted octanol–water partition coefficient (Wildman–Crippen LogP) is 4.05. The maximum absolute atomic E-state index is 5.54. The van der Waals surface area contributed by atoms with E-state index in [1.807, 2.05) is 0 Å². The molecule has 0 unspecified atom stereocenters. The number of fused-ring (bicyclic) bond motifs is 1. The second-order valence-electron chi connectivity index (χ2n) is 4.38. The first-order valence-electron chi connectivity index (χ1n) is 6.50. The zero-order valence-electron chi connectivity index (χ0n) is 11.0. The first kappa shape index (κ1) is 13.0. The van der Waals surface area contributed by atoms with Gasteiger partial charge >= 0.3 is 0 Å². The molecule has 0 saturated carbocycles. The van der Waals surface area contributed by atoms with Crippen LogP contribution < -0.4 is 0 Å². The Bertz CT molecular complexity index is 538. The van der Waals surface area contributed by atoms with Crippen LogP contribution in [-0.4, -0.2) is 23.0 Å². The lowest BCUT2D eigenvalue weighted by molar-refractivity contribution is 0.467. The fraction of sp³-hybridized carbons (Fsp3) is 0.312. The molecule has 1 nitrogen and oxygen atoms in total. The van der Waals surface area contributed by atoms with Crippen molar-refractivity contribution in [2.45, 2.75) is 20.3 Å². The van der Waals surface area contributed by atoms with Crippen LogP contribution in [0.5, 0.6) is 0 Å². The molecule has 0 aliphatic heterocycles. The van der Waals surface area contributed by atoms with Crippen LogP contribution in [0.25, 0.3) is 10.8 Å². The van der Waals surface area contributed by atoms with Crippen molar-refractivity contribution in [1.29, 1.82) is 0 Å². The molecule has 0 atom stereocenters. The molecule has 2 rings (SSSR count). The standard InChI is InChI=1S/C16H19NS/c1-3-17(4-2)16(18)12-14-10-7-9-13-8-5-6-11-15(13)14/h5-11H,3-4,12H2,1-2H3. The first-order chi connectivity index (χ1) is 8.76. The molecule has 18 heavy (non-hydrogen) atoms. The molecule has 0 bridgehead atoms. The van der Waals surface area contributed by atoms with Crippen LogP contribution >= 0.6 is 12.2 Å². The highest BCUT2D eigenvalue weighted by molar-refractivity contribution is 7.80. The van der Waals surface area contributed by atoms with Crippen molar-refractivity contribution in [2.24, 2.45) is 0 Å². The summed E-state index contributed by atoms with van der Waals surface area (Å²) in [6.07, 6.45) is 0.859. The second-order valence-corrected chi connectivity index (χ2v) is 4.85. The quantitative estimate of drug-likeness (QED) is 0.760. The van der Waals surface area contributed by atoms with Crippen molar-refractivity contribution in [3.63, 3.8) is 0 Å². The molecular weight excluding hydrogens is 238 g/mol. The van der Waals surface area contributed by atoms with Crippen LogP contribution in [-0.2, 0) is 6.42 Å². The summed E-state index contributed by atoms with van der Waals surface area (Å²) in [5.74, 6) is 0. The van der Waals surface area contributed by atoms with Gasteiger partial charge in [-0.1, -0.05) is 54.7 Å². The van der Waals surface area contributed by atoms with Gasteiger partial charge in [0.2, 0.25) is 0 Å². The Hall–Kier alpha value is -1.41. The molecule has 0 spiro atoms. The molecule has 0 saturated heterocycles.